The van der Waals surface area contributed by atoms with Crippen molar-refractivity contribution in [1.82, 2.24) is 4.90 Å². The normalized spacial score (nSPS) is 20.0. The summed E-state index contributed by atoms with van der Waals surface area (Å²) in [5.74, 6) is -0.429. The van der Waals surface area contributed by atoms with Gasteiger partial charge in [0, 0.05) is 19.5 Å². The van der Waals surface area contributed by atoms with Crippen molar-refractivity contribution >= 4 is 5.97 Å². The number of halogens is 1. The van der Waals surface area contributed by atoms with Gasteiger partial charge in [-0.25, -0.2) is 4.39 Å². The highest BCUT2D eigenvalue weighted by molar-refractivity contribution is 5.66. The molecule has 1 aromatic rings. The fraction of sp³-hybridized carbons (Fsp3) is 0.562. The first-order valence-electron chi connectivity index (χ1n) is 7.24. The van der Waals surface area contributed by atoms with Crippen LogP contribution in [0.3, 0.4) is 0 Å². The lowest BCUT2D eigenvalue weighted by atomic mass is 9.93. The van der Waals surface area contributed by atoms with Gasteiger partial charge >= 0.3 is 5.97 Å². The Labute approximate surface area is 119 Å². The van der Waals surface area contributed by atoms with Crippen LogP contribution in [0.5, 0.6) is 0 Å². The number of aliphatic carboxylic acids is 1. The Balaban J connectivity index is 1.90. The molecule has 0 amide bonds. The highest BCUT2D eigenvalue weighted by atomic mass is 19.1. The number of carboxylic acids is 1. The number of benzene rings is 1. The minimum absolute atomic E-state index is 0.191. The van der Waals surface area contributed by atoms with Crippen LogP contribution in [0.1, 0.15) is 36.8 Å². The van der Waals surface area contributed by atoms with Gasteiger partial charge in [0.25, 0.3) is 0 Å². The van der Waals surface area contributed by atoms with Gasteiger partial charge in [-0.15, -0.1) is 0 Å². The van der Waals surface area contributed by atoms with Gasteiger partial charge in [0.2, 0.25) is 0 Å². The zero-order valence-electron chi connectivity index (χ0n) is 11.9. The van der Waals surface area contributed by atoms with Crippen molar-refractivity contribution in [2.24, 2.45) is 5.92 Å². The van der Waals surface area contributed by atoms with Crippen molar-refractivity contribution in [2.75, 3.05) is 13.1 Å². The van der Waals surface area contributed by atoms with Crippen LogP contribution in [0, 0.1) is 18.7 Å². The summed E-state index contributed by atoms with van der Waals surface area (Å²) in [7, 11) is 0. The molecule has 1 aliphatic rings. The largest absolute Gasteiger partial charge is 0.481 e. The first-order valence-corrected chi connectivity index (χ1v) is 7.24. The first-order chi connectivity index (χ1) is 9.54. The lowest BCUT2D eigenvalue weighted by molar-refractivity contribution is -0.137. The predicted molar refractivity (Wildman–Crippen MR) is 76.0 cm³/mol. The number of carbonyl (C=O) groups is 1. The average Bonchev–Trinajstić information content (AvgIpc) is 2.40. The first kappa shape index (κ1) is 15.0. The second-order valence-corrected chi connectivity index (χ2v) is 5.75. The van der Waals surface area contributed by atoms with Crippen molar-refractivity contribution in [2.45, 2.75) is 39.2 Å². The Bertz CT molecular complexity index is 476. The number of hydrogen-bond donors (Lipinski definition) is 1. The fourth-order valence-electron chi connectivity index (χ4n) is 2.94. The topological polar surface area (TPSA) is 40.5 Å². The number of likely N-dealkylation sites (tertiary alicyclic amines) is 1. The summed E-state index contributed by atoms with van der Waals surface area (Å²) in [6.07, 6.45) is 3.25. The van der Waals surface area contributed by atoms with Gasteiger partial charge in [-0.3, -0.25) is 9.69 Å². The zero-order chi connectivity index (χ0) is 14.5. The Hall–Kier alpha value is -1.42. The summed E-state index contributed by atoms with van der Waals surface area (Å²) in [5, 5.41) is 8.76. The van der Waals surface area contributed by atoms with E-state index in [1.165, 1.54) is 6.07 Å². The van der Waals surface area contributed by atoms with Crippen LogP contribution in [0.25, 0.3) is 0 Å². The minimum Gasteiger partial charge on any atom is -0.481 e. The maximum absolute atomic E-state index is 13.1. The number of hydrogen-bond acceptors (Lipinski definition) is 2. The number of rotatable bonds is 5. The summed E-state index contributed by atoms with van der Waals surface area (Å²) in [4.78, 5) is 13.0. The van der Waals surface area contributed by atoms with E-state index >= 15 is 0 Å². The van der Waals surface area contributed by atoms with E-state index in [1.807, 2.05) is 13.0 Å². The van der Waals surface area contributed by atoms with Gasteiger partial charge in [-0.1, -0.05) is 6.07 Å². The third kappa shape index (κ3) is 4.30. The third-order valence-electron chi connectivity index (χ3n) is 4.07. The van der Waals surface area contributed by atoms with Crippen LogP contribution in [-0.2, 0) is 11.3 Å². The molecule has 1 N–H and O–H groups in total. The average molecular weight is 279 g/mol. The summed E-state index contributed by atoms with van der Waals surface area (Å²) in [6.45, 7) is 4.75. The molecule has 3 nitrogen and oxygen atoms in total. The van der Waals surface area contributed by atoms with Crippen LogP contribution in [-0.4, -0.2) is 29.1 Å². The van der Waals surface area contributed by atoms with Crippen molar-refractivity contribution in [3.63, 3.8) is 0 Å². The van der Waals surface area contributed by atoms with Gasteiger partial charge in [-0.05, 0) is 61.9 Å². The predicted octanol–water partition coefficient (Wildman–Crippen LogP) is 3.21. The Morgan fingerprint density at radius 2 is 2.30 bits per heavy atom. The number of aryl methyl sites for hydroxylation is 1. The van der Waals surface area contributed by atoms with Crippen molar-refractivity contribution < 1.29 is 14.3 Å². The highest BCUT2D eigenvalue weighted by Crippen LogP contribution is 2.23. The molecule has 0 saturated carbocycles. The number of nitrogens with zero attached hydrogens (tertiary/aromatic N) is 1. The minimum atomic E-state index is -0.712. The molecule has 20 heavy (non-hydrogen) atoms. The highest BCUT2D eigenvalue weighted by Gasteiger charge is 2.20. The van der Waals surface area contributed by atoms with Crippen LogP contribution < -0.4 is 0 Å². The summed E-state index contributed by atoms with van der Waals surface area (Å²) >= 11 is 0. The summed E-state index contributed by atoms with van der Waals surface area (Å²) in [5.41, 5.74) is 2.14. The standard InChI is InChI=1S/C16H22FNO2/c1-12-9-15(17)6-5-14(12)11-18-8-2-3-13(10-18)4-7-16(19)20/h5-6,9,13H,2-4,7-8,10-11H2,1H3,(H,19,20). The van der Waals surface area contributed by atoms with Gasteiger partial charge in [0.15, 0.2) is 0 Å². The Kier molecular flexibility index (Phi) is 5.12. The van der Waals surface area contributed by atoms with E-state index in [0.717, 1.165) is 50.0 Å². The van der Waals surface area contributed by atoms with E-state index in [9.17, 15) is 9.18 Å². The van der Waals surface area contributed by atoms with Gasteiger partial charge in [0.1, 0.15) is 5.82 Å². The molecule has 0 aliphatic carbocycles. The molecule has 1 aliphatic heterocycles. The lowest BCUT2D eigenvalue weighted by Gasteiger charge is -2.33. The molecule has 0 bridgehead atoms. The number of piperidine rings is 1. The van der Waals surface area contributed by atoms with Crippen LogP contribution in [0.15, 0.2) is 18.2 Å². The Morgan fingerprint density at radius 3 is 3.00 bits per heavy atom. The second-order valence-electron chi connectivity index (χ2n) is 5.75. The molecule has 0 aromatic heterocycles. The Morgan fingerprint density at radius 1 is 1.50 bits per heavy atom. The molecule has 4 heteroatoms. The molecule has 1 heterocycles. The molecule has 110 valence electrons. The number of carboxylic acid groups (broad SMARTS) is 1. The molecule has 1 fully saturated rings. The van der Waals surface area contributed by atoms with Crippen LogP contribution >= 0.6 is 0 Å². The lowest BCUT2D eigenvalue weighted by Crippen LogP contribution is -2.35. The van der Waals surface area contributed by atoms with E-state index < -0.39 is 5.97 Å². The van der Waals surface area contributed by atoms with E-state index in [1.54, 1.807) is 6.07 Å². The van der Waals surface area contributed by atoms with Crippen LogP contribution in [0.4, 0.5) is 4.39 Å². The fourth-order valence-corrected chi connectivity index (χ4v) is 2.94. The van der Waals surface area contributed by atoms with Gasteiger partial charge in [0.05, 0.1) is 0 Å². The molecule has 1 aromatic carbocycles. The molecule has 1 atom stereocenters. The monoisotopic (exact) mass is 279 g/mol. The van der Waals surface area contributed by atoms with Crippen molar-refractivity contribution in [3.05, 3.63) is 35.1 Å². The van der Waals surface area contributed by atoms with Crippen molar-refractivity contribution in [3.8, 4) is 0 Å². The molecule has 0 radical (unpaired) electrons. The summed E-state index contributed by atoms with van der Waals surface area (Å²) < 4.78 is 13.1. The quantitative estimate of drug-likeness (QED) is 0.899. The molecule has 1 unspecified atom stereocenters. The second kappa shape index (κ2) is 6.84. The van der Waals surface area contributed by atoms with Crippen molar-refractivity contribution in [1.29, 1.82) is 0 Å². The molecular weight excluding hydrogens is 257 g/mol. The van der Waals surface area contributed by atoms with E-state index in [2.05, 4.69) is 4.90 Å². The van der Waals surface area contributed by atoms with E-state index in [4.69, 9.17) is 5.11 Å². The van der Waals surface area contributed by atoms with Crippen LogP contribution in [0.2, 0.25) is 0 Å². The molecule has 2 rings (SSSR count). The third-order valence-corrected chi connectivity index (χ3v) is 4.07. The van der Waals surface area contributed by atoms with E-state index in [-0.39, 0.29) is 12.2 Å². The van der Waals surface area contributed by atoms with Gasteiger partial charge < -0.3 is 5.11 Å². The maximum atomic E-state index is 13.1. The van der Waals surface area contributed by atoms with Gasteiger partial charge in [-0.2, -0.15) is 0 Å². The zero-order valence-corrected chi connectivity index (χ0v) is 11.9. The molecule has 1 saturated heterocycles. The molecule has 0 spiro atoms. The summed E-state index contributed by atoms with van der Waals surface area (Å²) in [6, 6.07) is 4.93. The maximum Gasteiger partial charge on any atom is 0.303 e. The molecular formula is C16H22FNO2. The smallest absolute Gasteiger partial charge is 0.303 e. The SMILES string of the molecule is Cc1cc(F)ccc1CN1CCCC(CCC(=O)O)C1. The van der Waals surface area contributed by atoms with E-state index in [0.29, 0.717) is 5.92 Å².